The van der Waals surface area contributed by atoms with Gasteiger partial charge in [-0.25, -0.2) is 0 Å². The van der Waals surface area contributed by atoms with Gasteiger partial charge in [0.05, 0.1) is 6.54 Å². The predicted octanol–water partition coefficient (Wildman–Crippen LogP) is 1.87. The summed E-state index contributed by atoms with van der Waals surface area (Å²) in [5, 5.41) is 5.52. The van der Waals surface area contributed by atoms with Crippen molar-refractivity contribution in [3.8, 4) is 0 Å². The van der Waals surface area contributed by atoms with Crippen LogP contribution in [-0.2, 0) is 9.59 Å². The van der Waals surface area contributed by atoms with Gasteiger partial charge in [-0.15, -0.1) is 0 Å². The van der Waals surface area contributed by atoms with Crippen LogP contribution in [0.1, 0.15) is 31.2 Å². The molecule has 0 aliphatic heterocycles. The number of carbonyl (C=O) groups is 2. The molecule has 0 heterocycles. The van der Waals surface area contributed by atoms with Crippen LogP contribution in [0.15, 0.2) is 36.4 Å². The molecule has 0 radical (unpaired) electrons. The third-order valence-electron chi connectivity index (χ3n) is 3.37. The lowest BCUT2D eigenvalue weighted by atomic mass is 10.2. The van der Waals surface area contributed by atoms with Crippen molar-refractivity contribution in [2.75, 3.05) is 6.54 Å². The summed E-state index contributed by atoms with van der Waals surface area (Å²) in [5.74, 6) is -0.367. The monoisotopic (exact) mass is 272 g/mol. The van der Waals surface area contributed by atoms with Gasteiger partial charge < -0.3 is 10.6 Å². The average Bonchev–Trinajstić information content (AvgIpc) is 2.97. The van der Waals surface area contributed by atoms with E-state index in [-0.39, 0.29) is 18.4 Å². The minimum absolute atomic E-state index is 0.0362. The van der Waals surface area contributed by atoms with Crippen LogP contribution in [0.25, 0.3) is 6.08 Å². The molecule has 1 aliphatic carbocycles. The standard InChI is InChI=1S/C16H20N2O2/c19-15(11-10-13-6-2-1-3-7-13)17-12-16(20)18-14-8-4-5-9-14/h1-3,6-7,10-11,14H,4-5,8-9,12H2,(H,17,19)(H,18,20)/b11-10+. The number of carbonyl (C=O) groups excluding carboxylic acids is 2. The van der Waals surface area contributed by atoms with E-state index in [2.05, 4.69) is 10.6 Å². The van der Waals surface area contributed by atoms with Crippen LogP contribution in [0.2, 0.25) is 0 Å². The Morgan fingerprint density at radius 2 is 1.85 bits per heavy atom. The molecule has 2 rings (SSSR count). The van der Waals surface area contributed by atoms with Crippen molar-refractivity contribution in [3.05, 3.63) is 42.0 Å². The van der Waals surface area contributed by atoms with E-state index in [1.54, 1.807) is 6.08 Å². The summed E-state index contributed by atoms with van der Waals surface area (Å²) < 4.78 is 0. The summed E-state index contributed by atoms with van der Waals surface area (Å²) >= 11 is 0. The first kappa shape index (κ1) is 14.3. The van der Waals surface area contributed by atoms with Crippen LogP contribution in [0.5, 0.6) is 0 Å². The fourth-order valence-corrected chi connectivity index (χ4v) is 2.31. The first-order chi connectivity index (χ1) is 9.74. The molecule has 4 heteroatoms. The van der Waals surface area contributed by atoms with E-state index in [9.17, 15) is 9.59 Å². The van der Waals surface area contributed by atoms with Crippen LogP contribution < -0.4 is 10.6 Å². The molecule has 2 N–H and O–H groups in total. The Balaban J connectivity index is 1.69. The van der Waals surface area contributed by atoms with Crippen molar-refractivity contribution in [3.63, 3.8) is 0 Å². The van der Waals surface area contributed by atoms with Crippen LogP contribution >= 0.6 is 0 Å². The second-order valence-corrected chi connectivity index (χ2v) is 5.01. The lowest BCUT2D eigenvalue weighted by molar-refractivity contribution is -0.124. The van der Waals surface area contributed by atoms with Gasteiger partial charge in [0.1, 0.15) is 0 Å². The van der Waals surface area contributed by atoms with Crippen molar-refractivity contribution in [1.29, 1.82) is 0 Å². The second kappa shape index (κ2) is 7.48. The average molecular weight is 272 g/mol. The molecular weight excluding hydrogens is 252 g/mol. The predicted molar refractivity (Wildman–Crippen MR) is 78.9 cm³/mol. The summed E-state index contributed by atoms with van der Waals surface area (Å²) in [6.45, 7) is 0.0362. The van der Waals surface area contributed by atoms with Crippen molar-refractivity contribution in [1.82, 2.24) is 10.6 Å². The van der Waals surface area contributed by atoms with Gasteiger partial charge >= 0.3 is 0 Å². The van der Waals surface area contributed by atoms with E-state index in [0.717, 1.165) is 18.4 Å². The first-order valence-corrected chi connectivity index (χ1v) is 7.04. The Kier molecular flexibility index (Phi) is 5.35. The Bertz CT molecular complexity index is 477. The third-order valence-corrected chi connectivity index (χ3v) is 3.37. The Morgan fingerprint density at radius 1 is 1.15 bits per heavy atom. The zero-order chi connectivity index (χ0) is 14.2. The number of hydrogen-bond donors (Lipinski definition) is 2. The molecule has 2 amide bonds. The molecule has 1 aliphatic rings. The molecule has 1 fully saturated rings. The molecular formula is C16H20N2O2. The second-order valence-electron chi connectivity index (χ2n) is 5.01. The van der Waals surface area contributed by atoms with E-state index >= 15 is 0 Å². The molecule has 20 heavy (non-hydrogen) atoms. The zero-order valence-electron chi connectivity index (χ0n) is 11.5. The van der Waals surface area contributed by atoms with Gasteiger partial charge in [-0.3, -0.25) is 9.59 Å². The highest BCUT2D eigenvalue weighted by atomic mass is 16.2. The largest absolute Gasteiger partial charge is 0.352 e. The molecule has 0 unspecified atom stereocenters. The molecule has 1 aromatic rings. The topological polar surface area (TPSA) is 58.2 Å². The maximum atomic E-state index is 11.6. The van der Waals surface area contributed by atoms with Crippen molar-refractivity contribution < 1.29 is 9.59 Å². The Labute approximate surface area is 119 Å². The summed E-state index contributed by atoms with van der Waals surface area (Å²) in [7, 11) is 0. The van der Waals surface area contributed by atoms with Crippen LogP contribution in [0.3, 0.4) is 0 Å². The first-order valence-electron chi connectivity index (χ1n) is 7.04. The molecule has 0 aromatic heterocycles. The smallest absolute Gasteiger partial charge is 0.244 e. The molecule has 106 valence electrons. The van der Waals surface area contributed by atoms with Gasteiger partial charge in [0.25, 0.3) is 0 Å². The highest BCUT2D eigenvalue weighted by molar-refractivity contribution is 5.94. The maximum absolute atomic E-state index is 11.6. The molecule has 0 saturated heterocycles. The molecule has 1 saturated carbocycles. The number of amides is 2. The van der Waals surface area contributed by atoms with Crippen LogP contribution in [0, 0.1) is 0 Å². The number of nitrogens with one attached hydrogen (secondary N) is 2. The number of benzene rings is 1. The molecule has 4 nitrogen and oxygen atoms in total. The molecule has 0 atom stereocenters. The lowest BCUT2D eigenvalue weighted by Gasteiger charge is -2.11. The molecule has 0 spiro atoms. The Hall–Kier alpha value is -2.10. The van der Waals surface area contributed by atoms with Gasteiger partial charge in [-0.05, 0) is 24.5 Å². The fourth-order valence-electron chi connectivity index (χ4n) is 2.31. The Morgan fingerprint density at radius 3 is 2.55 bits per heavy atom. The van der Waals surface area contributed by atoms with Gasteiger partial charge in [0.2, 0.25) is 11.8 Å². The van der Waals surface area contributed by atoms with Gasteiger partial charge in [-0.2, -0.15) is 0 Å². The summed E-state index contributed by atoms with van der Waals surface area (Å²) in [5.41, 5.74) is 0.957. The van der Waals surface area contributed by atoms with Gasteiger partial charge in [0.15, 0.2) is 0 Å². The molecule has 0 bridgehead atoms. The van der Waals surface area contributed by atoms with E-state index in [1.165, 1.54) is 18.9 Å². The van der Waals surface area contributed by atoms with E-state index < -0.39 is 0 Å². The highest BCUT2D eigenvalue weighted by Crippen LogP contribution is 2.17. The van der Waals surface area contributed by atoms with Gasteiger partial charge in [0, 0.05) is 12.1 Å². The van der Waals surface area contributed by atoms with Gasteiger partial charge in [-0.1, -0.05) is 43.2 Å². The van der Waals surface area contributed by atoms with Crippen LogP contribution in [-0.4, -0.2) is 24.4 Å². The quantitative estimate of drug-likeness (QED) is 0.804. The van der Waals surface area contributed by atoms with Crippen molar-refractivity contribution in [2.45, 2.75) is 31.7 Å². The summed E-state index contributed by atoms with van der Waals surface area (Å²) in [6.07, 6.45) is 7.62. The minimum Gasteiger partial charge on any atom is -0.352 e. The number of hydrogen-bond acceptors (Lipinski definition) is 2. The van der Waals surface area contributed by atoms with E-state index in [0.29, 0.717) is 6.04 Å². The summed E-state index contributed by atoms with van der Waals surface area (Å²) in [4.78, 5) is 23.2. The van der Waals surface area contributed by atoms with Crippen molar-refractivity contribution in [2.24, 2.45) is 0 Å². The lowest BCUT2D eigenvalue weighted by Crippen LogP contribution is -2.40. The van der Waals surface area contributed by atoms with Crippen LogP contribution in [0.4, 0.5) is 0 Å². The zero-order valence-corrected chi connectivity index (χ0v) is 11.5. The number of rotatable bonds is 5. The SMILES string of the molecule is O=C(/C=C/c1ccccc1)NCC(=O)NC1CCCC1. The van der Waals surface area contributed by atoms with E-state index in [1.807, 2.05) is 30.3 Å². The fraction of sp³-hybridized carbons (Fsp3) is 0.375. The van der Waals surface area contributed by atoms with Crippen molar-refractivity contribution >= 4 is 17.9 Å². The maximum Gasteiger partial charge on any atom is 0.244 e. The third kappa shape index (κ3) is 4.88. The van der Waals surface area contributed by atoms with E-state index in [4.69, 9.17) is 0 Å². The normalized spacial score (nSPS) is 15.4. The minimum atomic E-state index is -0.254. The highest BCUT2D eigenvalue weighted by Gasteiger charge is 2.16. The summed E-state index contributed by atoms with van der Waals surface area (Å²) in [6, 6.07) is 9.86. The molecule has 1 aromatic carbocycles.